The molecule has 0 aliphatic rings. The number of amides is 1. The molecule has 122 valence electrons. The number of para-hydroxylation sites is 1. The van der Waals surface area contributed by atoms with E-state index in [1.165, 1.54) is 11.3 Å². The number of hydrogen-bond donors (Lipinski definition) is 1. The van der Waals surface area contributed by atoms with Gasteiger partial charge in [0.15, 0.2) is 0 Å². The van der Waals surface area contributed by atoms with Crippen LogP contribution < -0.4 is 10.1 Å². The number of halogens is 1. The summed E-state index contributed by atoms with van der Waals surface area (Å²) in [7, 11) is 1.64. The van der Waals surface area contributed by atoms with Gasteiger partial charge in [0, 0.05) is 15.4 Å². The molecule has 0 radical (unpaired) electrons. The van der Waals surface area contributed by atoms with E-state index < -0.39 is 0 Å². The summed E-state index contributed by atoms with van der Waals surface area (Å²) < 4.78 is 6.01. The van der Waals surface area contributed by atoms with Crippen molar-refractivity contribution in [1.82, 2.24) is 4.98 Å². The fraction of sp³-hybridized carbons (Fsp3) is 0.111. The van der Waals surface area contributed by atoms with Gasteiger partial charge in [-0.3, -0.25) is 4.79 Å². The lowest BCUT2D eigenvalue weighted by Gasteiger charge is -2.05. The third-order valence-corrected chi connectivity index (χ3v) is 5.01. The molecule has 0 saturated heterocycles. The minimum atomic E-state index is -0.0894. The van der Waals surface area contributed by atoms with E-state index in [9.17, 15) is 4.79 Å². The standard InChI is InChI=1S/C18H15BrN2O2S/c1-23-14-8-6-12(7-9-14)18-20-13(11-24-18)10-17(22)21-16-5-3-2-4-15(16)19/h2-9,11H,10H2,1H3,(H,21,22). The van der Waals surface area contributed by atoms with E-state index in [1.807, 2.05) is 53.9 Å². The molecule has 1 aromatic heterocycles. The number of benzene rings is 2. The Morgan fingerprint density at radius 3 is 2.67 bits per heavy atom. The van der Waals surface area contributed by atoms with Crippen molar-refractivity contribution in [3.8, 4) is 16.3 Å². The first-order chi connectivity index (χ1) is 11.7. The highest BCUT2D eigenvalue weighted by Crippen LogP contribution is 2.26. The highest BCUT2D eigenvalue weighted by Gasteiger charge is 2.10. The Morgan fingerprint density at radius 1 is 1.21 bits per heavy atom. The molecule has 4 nitrogen and oxygen atoms in total. The Labute approximate surface area is 152 Å². The van der Waals surface area contributed by atoms with Crippen molar-refractivity contribution < 1.29 is 9.53 Å². The van der Waals surface area contributed by atoms with Crippen LogP contribution in [0.4, 0.5) is 5.69 Å². The van der Waals surface area contributed by atoms with Crippen molar-refractivity contribution in [1.29, 1.82) is 0 Å². The third-order valence-electron chi connectivity index (χ3n) is 3.38. The summed E-state index contributed by atoms with van der Waals surface area (Å²) in [6.07, 6.45) is 0.244. The summed E-state index contributed by atoms with van der Waals surface area (Å²) in [5, 5.41) is 5.69. The van der Waals surface area contributed by atoms with E-state index in [-0.39, 0.29) is 12.3 Å². The SMILES string of the molecule is COc1ccc(-c2nc(CC(=O)Nc3ccccc3Br)cs2)cc1. The van der Waals surface area contributed by atoms with Gasteiger partial charge in [0.1, 0.15) is 10.8 Å². The summed E-state index contributed by atoms with van der Waals surface area (Å²) in [5.74, 6) is 0.719. The zero-order valence-corrected chi connectivity index (χ0v) is 15.4. The van der Waals surface area contributed by atoms with Crippen LogP contribution in [0.15, 0.2) is 58.4 Å². The second kappa shape index (κ2) is 7.59. The molecule has 3 aromatic rings. The second-order valence-corrected chi connectivity index (χ2v) is 6.79. The number of carbonyl (C=O) groups is 1. The summed E-state index contributed by atoms with van der Waals surface area (Å²) in [6, 6.07) is 15.2. The highest BCUT2D eigenvalue weighted by molar-refractivity contribution is 9.10. The highest BCUT2D eigenvalue weighted by atomic mass is 79.9. The van der Waals surface area contributed by atoms with Gasteiger partial charge in [-0.2, -0.15) is 0 Å². The predicted octanol–water partition coefficient (Wildman–Crippen LogP) is 4.76. The zero-order valence-electron chi connectivity index (χ0n) is 13.0. The van der Waals surface area contributed by atoms with E-state index in [1.54, 1.807) is 7.11 Å². The van der Waals surface area contributed by atoms with Gasteiger partial charge in [0.2, 0.25) is 5.91 Å². The van der Waals surface area contributed by atoms with Crippen molar-refractivity contribution in [2.45, 2.75) is 6.42 Å². The van der Waals surface area contributed by atoms with Crippen LogP contribution in [0.3, 0.4) is 0 Å². The van der Waals surface area contributed by atoms with Gasteiger partial charge < -0.3 is 10.1 Å². The normalized spacial score (nSPS) is 10.4. The third kappa shape index (κ3) is 4.01. The maximum Gasteiger partial charge on any atom is 0.230 e. The number of thiazole rings is 1. The molecule has 0 aliphatic carbocycles. The van der Waals surface area contributed by atoms with Gasteiger partial charge in [-0.1, -0.05) is 12.1 Å². The molecule has 6 heteroatoms. The summed E-state index contributed by atoms with van der Waals surface area (Å²) in [4.78, 5) is 16.7. The number of nitrogens with one attached hydrogen (secondary N) is 1. The lowest BCUT2D eigenvalue weighted by atomic mass is 10.2. The first kappa shape index (κ1) is 16.7. The quantitative estimate of drug-likeness (QED) is 0.668. The van der Waals surface area contributed by atoms with E-state index in [4.69, 9.17) is 4.74 Å². The number of hydrogen-bond acceptors (Lipinski definition) is 4. The molecular formula is C18H15BrN2O2S. The average molecular weight is 403 g/mol. The molecule has 0 saturated carbocycles. The Kier molecular flexibility index (Phi) is 5.27. The van der Waals surface area contributed by atoms with Gasteiger partial charge in [-0.25, -0.2) is 4.98 Å². The summed E-state index contributed by atoms with van der Waals surface area (Å²) in [5.41, 5.74) is 2.53. The van der Waals surface area contributed by atoms with Crippen LogP contribution in [-0.2, 0) is 11.2 Å². The summed E-state index contributed by atoms with van der Waals surface area (Å²) >= 11 is 4.94. The number of aromatic nitrogens is 1. The molecular weight excluding hydrogens is 388 g/mol. The zero-order chi connectivity index (χ0) is 16.9. The molecule has 3 rings (SSSR count). The first-order valence-electron chi connectivity index (χ1n) is 7.29. The van der Waals surface area contributed by atoms with Crippen molar-refractivity contribution in [2.24, 2.45) is 0 Å². The van der Waals surface area contributed by atoms with Crippen molar-refractivity contribution >= 4 is 38.9 Å². The number of rotatable bonds is 5. The van der Waals surface area contributed by atoms with Gasteiger partial charge in [-0.15, -0.1) is 11.3 Å². The number of carbonyl (C=O) groups excluding carboxylic acids is 1. The number of anilines is 1. The van der Waals surface area contributed by atoms with E-state index in [0.717, 1.165) is 32.2 Å². The number of methoxy groups -OCH3 is 1. The smallest absolute Gasteiger partial charge is 0.230 e. The fourth-order valence-corrected chi connectivity index (χ4v) is 3.39. The van der Waals surface area contributed by atoms with E-state index >= 15 is 0 Å². The van der Waals surface area contributed by atoms with E-state index in [2.05, 4.69) is 26.2 Å². The molecule has 0 aliphatic heterocycles. The van der Waals surface area contributed by atoms with Crippen LogP contribution in [-0.4, -0.2) is 18.0 Å². The molecule has 0 bridgehead atoms. The maximum atomic E-state index is 12.2. The second-order valence-electron chi connectivity index (χ2n) is 5.08. The minimum Gasteiger partial charge on any atom is -0.497 e. The summed E-state index contributed by atoms with van der Waals surface area (Å²) in [6.45, 7) is 0. The number of ether oxygens (including phenoxy) is 1. The van der Waals surface area contributed by atoms with Crippen LogP contribution in [0.1, 0.15) is 5.69 Å². The molecule has 1 heterocycles. The first-order valence-corrected chi connectivity index (χ1v) is 8.96. The molecule has 1 N–H and O–H groups in total. The fourth-order valence-electron chi connectivity index (χ4n) is 2.18. The molecule has 0 fully saturated rings. The Balaban J connectivity index is 1.67. The topological polar surface area (TPSA) is 51.2 Å². The molecule has 24 heavy (non-hydrogen) atoms. The predicted molar refractivity (Wildman–Crippen MR) is 101 cm³/mol. The van der Waals surface area contributed by atoms with Gasteiger partial charge >= 0.3 is 0 Å². The molecule has 0 atom stereocenters. The van der Waals surface area contributed by atoms with Crippen LogP contribution in [0.5, 0.6) is 5.75 Å². The van der Waals surface area contributed by atoms with Crippen molar-refractivity contribution in [3.63, 3.8) is 0 Å². The van der Waals surface area contributed by atoms with Crippen molar-refractivity contribution in [3.05, 3.63) is 64.1 Å². The van der Waals surface area contributed by atoms with Gasteiger partial charge in [0.05, 0.1) is 24.9 Å². The van der Waals surface area contributed by atoms with Crippen LogP contribution in [0, 0.1) is 0 Å². The van der Waals surface area contributed by atoms with Crippen LogP contribution in [0.25, 0.3) is 10.6 Å². The maximum absolute atomic E-state index is 12.2. The number of nitrogens with zero attached hydrogens (tertiary/aromatic N) is 1. The lowest BCUT2D eigenvalue weighted by molar-refractivity contribution is -0.115. The molecule has 2 aromatic carbocycles. The Hall–Kier alpha value is -2.18. The molecule has 0 unspecified atom stereocenters. The largest absolute Gasteiger partial charge is 0.497 e. The Morgan fingerprint density at radius 2 is 1.96 bits per heavy atom. The van der Waals surface area contributed by atoms with Gasteiger partial charge in [0.25, 0.3) is 0 Å². The average Bonchev–Trinajstić information content (AvgIpc) is 3.05. The Bertz CT molecular complexity index is 846. The lowest BCUT2D eigenvalue weighted by Crippen LogP contribution is -2.14. The van der Waals surface area contributed by atoms with Gasteiger partial charge in [-0.05, 0) is 52.3 Å². The van der Waals surface area contributed by atoms with Crippen molar-refractivity contribution in [2.75, 3.05) is 12.4 Å². The molecule has 0 spiro atoms. The van der Waals surface area contributed by atoms with Crippen LogP contribution in [0.2, 0.25) is 0 Å². The minimum absolute atomic E-state index is 0.0894. The van der Waals surface area contributed by atoms with Crippen LogP contribution >= 0.6 is 27.3 Å². The van der Waals surface area contributed by atoms with E-state index in [0.29, 0.717) is 0 Å². The molecule has 1 amide bonds. The monoisotopic (exact) mass is 402 g/mol.